The van der Waals surface area contributed by atoms with Gasteiger partial charge in [-0.3, -0.25) is 14.0 Å². The van der Waals surface area contributed by atoms with Crippen LogP contribution in [0.15, 0.2) is 89.9 Å². The van der Waals surface area contributed by atoms with E-state index in [2.05, 4.69) is 0 Å². The highest BCUT2D eigenvalue weighted by molar-refractivity contribution is 5.98. The molecule has 0 radical (unpaired) electrons. The predicted octanol–water partition coefficient (Wildman–Crippen LogP) is 4.34. The number of aromatic nitrogens is 3. The smallest absolute Gasteiger partial charge is 0.271 e. The van der Waals surface area contributed by atoms with Gasteiger partial charge in [-0.25, -0.2) is 4.98 Å². The summed E-state index contributed by atoms with van der Waals surface area (Å²) in [5, 5.41) is 0.434. The Morgan fingerprint density at radius 2 is 1.48 bits per heavy atom. The first-order chi connectivity index (χ1) is 16.0. The van der Waals surface area contributed by atoms with Crippen LogP contribution in [0, 0.1) is 6.92 Å². The topological polar surface area (TPSA) is 59.6 Å². The zero-order chi connectivity index (χ0) is 22.9. The van der Waals surface area contributed by atoms with Crippen molar-refractivity contribution >= 4 is 22.6 Å². The summed E-state index contributed by atoms with van der Waals surface area (Å²) in [6.07, 6.45) is 1.71. The molecule has 0 unspecified atom stereocenters. The van der Waals surface area contributed by atoms with Crippen molar-refractivity contribution < 1.29 is 4.79 Å². The van der Waals surface area contributed by atoms with E-state index in [9.17, 15) is 9.59 Å². The molecule has 164 valence electrons. The van der Waals surface area contributed by atoms with Crippen molar-refractivity contribution in [1.29, 1.82) is 0 Å². The molecule has 0 spiro atoms. The fraction of sp³-hybridized carbons (Fsp3) is 0.148. The Labute approximate surface area is 191 Å². The van der Waals surface area contributed by atoms with Gasteiger partial charge in [-0.15, -0.1) is 0 Å². The van der Waals surface area contributed by atoms with Gasteiger partial charge in [-0.2, -0.15) is 0 Å². The van der Waals surface area contributed by atoms with Gasteiger partial charge >= 0.3 is 0 Å². The third kappa shape index (κ3) is 3.80. The Balaban J connectivity index is 1.61. The van der Waals surface area contributed by atoms with Crippen molar-refractivity contribution in [2.45, 2.75) is 20.0 Å². The highest BCUT2D eigenvalue weighted by Gasteiger charge is 2.23. The quantitative estimate of drug-likeness (QED) is 0.412. The molecule has 0 saturated heterocycles. The van der Waals surface area contributed by atoms with E-state index in [1.54, 1.807) is 23.9 Å². The van der Waals surface area contributed by atoms with Gasteiger partial charge in [-0.1, -0.05) is 66.7 Å². The molecule has 6 heteroatoms. The van der Waals surface area contributed by atoms with Crippen LogP contribution < -0.4 is 5.56 Å². The number of carbonyl (C=O) groups is 1. The van der Waals surface area contributed by atoms with Crippen LogP contribution in [-0.2, 0) is 20.1 Å². The number of fused-ring (bicyclic) bond motifs is 2. The summed E-state index contributed by atoms with van der Waals surface area (Å²) in [6, 6.07) is 25.3. The van der Waals surface area contributed by atoms with Crippen LogP contribution in [-0.4, -0.2) is 24.8 Å². The molecule has 5 rings (SSSR count). The largest absolute Gasteiger partial charge is 0.329 e. The number of hydrogen-bond acceptors (Lipinski definition) is 3. The molecule has 0 atom stereocenters. The Morgan fingerprint density at radius 1 is 0.879 bits per heavy atom. The molecule has 1 amide bonds. The maximum atomic E-state index is 13.8. The normalized spacial score (nSPS) is 11.2. The second kappa shape index (κ2) is 8.39. The number of amides is 1. The molecule has 0 bridgehead atoms. The molecular formula is C27H24N4O2. The zero-order valence-corrected chi connectivity index (χ0v) is 18.6. The van der Waals surface area contributed by atoms with Gasteiger partial charge < -0.3 is 9.47 Å². The second-order valence-electron chi connectivity index (χ2n) is 8.26. The minimum atomic E-state index is -0.175. The van der Waals surface area contributed by atoms with Crippen LogP contribution in [0.25, 0.3) is 16.7 Å². The van der Waals surface area contributed by atoms with Crippen molar-refractivity contribution in [3.63, 3.8) is 0 Å². The highest BCUT2D eigenvalue weighted by Crippen LogP contribution is 2.20. The SMILES string of the molecule is Cc1cccn2c(=O)c3cc(C(=O)N(Cc4ccccc4)Cc4ccccc4)n(C)c3nc12. The Morgan fingerprint density at radius 3 is 2.09 bits per heavy atom. The van der Waals surface area contributed by atoms with Gasteiger partial charge in [0.2, 0.25) is 0 Å². The molecule has 0 aliphatic carbocycles. The lowest BCUT2D eigenvalue weighted by Gasteiger charge is -2.23. The highest BCUT2D eigenvalue weighted by atomic mass is 16.2. The van der Waals surface area contributed by atoms with E-state index < -0.39 is 0 Å². The lowest BCUT2D eigenvalue weighted by atomic mass is 10.1. The number of carbonyl (C=O) groups excluding carboxylic acids is 1. The van der Waals surface area contributed by atoms with Crippen molar-refractivity contribution in [1.82, 2.24) is 18.9 Å². The van der Waals surface area contributed by atoms with Gasteiger partial charge in [0, 0.05) is 26.3 Å². The third-order valence-electron chi connectivity index (χ3n) is 5.96. The summed E-state index contributed by atoms with van der Waals surface area (Å²) < 4.78 is 3.27. The summed E-state index contributed by atoms with van der Waals surface area (Å²) in [5.41, 5.74) is 4.36. The summed E-state index contributed by atoms with van der Waals surface area (Å²) in [7, 11) is 1.79. The van der Waals surface area contributed by atoms with E-state index in [1.165, 1.54) is 4.40 Å². The van der Waals surface area contributed by atoms with E-state index in [1.807, 2.05) is 84.6 Å². The minimum absolute atomic E-state index is 0.145. The molecule has 3 heterocycles. The van der Waals surface area contributed by atoms with Crippen molar-refractivity contribution in [2.75, 3.05) is 0 Å². The summed E-state index contributed by atoms with van der Waals surface area (Å²) in [5.74, 6) is -0.145. The fourth-order valence-electron chi connectivity index (χ4n) is 4.20. The molecule has 0 aliphatic rings. The average molecular weight is 437 g/mol. The Kier molecular flexibility index (Phi) is 5.26. The first-order valence-corrected chi connectivity index (χ1v) is 10.9. The molecule has 0 N–H and O–H groups in total. The summed E-state index contributed by atoms with van der Waals surface area (Å²) in [4.78, 5) is 33.5. The first kappa shape index (κ1) is 20.7. The molecule has 0 fully saturated rings. The average Bonchev–Trinajstić information content (AvgIpc) is 3.17. The molecule has 33 heavy (non-hydrogen) atoms. The van der Waals surface area contributed by atoms with Crippen LogP contribution in [0.5, 0.6) is 0 Å². The van der Waals surface area contributed by atoms with Gasteiger partial charge in [-0.05, 0) is 35.7 Å². The summed E-state index contributed by atoms with van der Waals surface area (Å²) in [6.45, 7) is 2.84. The van der Waals surface area contributed by atoms with Crippen LogP contribution in [0.1, 0.15) is 27.2 Å². The maximum absolute atomic E-state index is 13.8. The lowest BCUT2D eigenvalue weighted by Crippen LogP contribution is -2.31. The van der Waals surface area contributed by atoms with E-state index in [-0.39, 0.29) is 11.5 Å². The monoisotopic (exact) mass is 436 g/mol. The first-order valence-electron chi connectivity index (χ1n) is 10.9. The number of pyridine rings is 1. The number of nitrogens with zero attached hydrogens (tertiary/aromatic N) is 4. The molecule has 0 saturated carbocycles. The van der Waals surface area contributed by atoms with Gasteiger partial charge in [0.1, 0.15) is 17.0 Å². The molecule has 0 aliphatic heterocycles. The Bertz CT molecular complexity index is 1480. The number of rotatable bonds is 5. The zero-order valence-electron chi connectivity index (χ0n) is 18.6. The fourth-order valence-corrected chi connectivity index (χ4v) is 4.20. The van der Waals surface area contributed by atoms with Crippen LogP contribution >= 0.6 is 0 Å². The standard InChI is InChI=1S/C27H24N4O2/c1-19-10-9-15-31-24(19)28-25-22(26(31)32)16-23(29(25)2)27(33)30(17-20-11-5-3-6-12-20)18-21-13-7-4-8-14-21/h3-16H,17-18H2,1-2H3. The summed E-state index contributed by atoms with van der Waals surface area (Å²) >= 11 is 0. The molecule has 5 aromatic rings. The van der Waals surface area contributed by atoms with Crippen LogP contribution in [0.2, 0.25) is 0 Å². The molecular weight excluding hydrogens is 412 g/mol. The Hall–Kier alpha value is -4.19. The van der Waals surface area contributed by atoms with Crippen molar-refractivity contribution in [3.05, 3.63) is 118 Å². The van der Waals surface area contributed by atoms with Gasteiger partial charge in [0.15, 0.2) is 0 Å². The minimum Gasteiger partial charge on any atom is -0.329 e. The second-order valence-corrected chi connectivity index (χ2v) is 8.26. The van der Waals surface area contributed by atoms with Crippen molar-refractivity contribution in [2.24, 2.45) is 7.05 Å². The van der Waals surface area contributed by atoms with E-state index in [0.717, 1.165) is 16.7 Å². The number of aryl methyl sites for hydroxylation is 2. The van der Waals surface area contributed by atoms with Crippen LogP contribution in [0.4, 0.5) is 0 Å². The molecule has 2 aromatic carbocycles. The van der Waals surface area contributed by atoms with Crippen molar-refractivity contribution in [3.8, 4) is 0 Å². The van der Waals surface area contributed by atoms with E-state index in [0.29, 0.717) is 35.5 Å². The predicted molar refractivity (Wildman–Crippen MR) is 129 cm³/mol. The lowest BCUT2D eigenvalue weighted by molar-refractivity contribution is 0.0720. The van der Waals surface area contributed by atoms with Gasteiger partial charge in [0.25, 0.3) is 11.5 Å². The van der Waals surface area contributed by atoms with Crippen LogP contribution in [0.3, 0.4) is 0 Å². The third-order valence-corrected chi connectivity index (χ3v) is 5.96. The maximum Gasteiger partial charge on any atom is 0.271 e. The van der Waals surface area contributed by atoms with Gasteiger partial charge in [0.05, 0.1) is 5.39 Å². The van der Waals surface area contributed by atoms with E-state index >= 15 is 0 Å². The van der Waals surface area contributed by atoms with E-state index in [4.69, 9.17) is 4.98 Å². The number of hydrogen-bond donors (Lipinski definition) is 0. The molecule has 3 aromatic heterocycles. The molecule has 6 nitrogen and oxygen atoms in total. The number of benzene rings is 2.